The molecule has 0 rings (SSSR count). The van der Waals surface area contributed by atoms with E-state index in [0.717, 1.165) is 0 Å². The van der Waals surface area contributed by atoms with Crippen molar-refractivity contribution in [2.24, 2.45) is 0 Å². The molecule has 15 heavy (non-hydrogen) atoms. The molecule has 0 aromatic heterocycles. The molecule has 0 aromatic rings. The molecule has 0 N–H and O–H groups in total. The highest BCUT2D eigenvalue weighted by atomic mass is 35.6. The van der Waals surface area contributed by atoms with Gasteiger partial charge in [-0.15, -0.1) is 0 Å². The van der Waals surface area contributed by atoms with Crippen LogP contribution < -0.4 is 0 Å². The van der Waals surface area contributed by atoms with Crippen LogP contribution in [0.4, 0.5) is 26.3 Å². The first-order chi connectivity index (χ1) is 6.32. The highest BCUT2D eigenvalue weighted by Gasteiger charge is 2.63. The first-order valence-electron chi connectivity index (χ1n) is 2.89. The first-order valence-corrected chi connectivity index (χ1v) is 4.40. The molecule has 0 aliphatic heterocycles. The molecule has 0 aromatic carbocycles. The van der Waals surface area contributed by atoms with Gasteiger partial charge in [0.1, 0.15) is 5.03 Å². The summed E-state index contributed by atoms with van der Waals surface area (Å²) in [4.78, 5) is 0. The quantitative estimate of drug-likeness (QED) is 0.473. The molecule has 0 heterocycles. The van der Waals surface area contributed by atoms with Crippen LogP contribution in [0.2, 0.25) is 0 Å². The van der Waals surface area contributed by atoms with Gasteiger partial charge in [-0.1, -0.05) is 46.4 Å². The van der Waals surface area contributed by atoms with E-state index in [0.29, 0.717) is 0 Å². The molecule has 0 nitrogen and oxygen atoms in total. The molecule has 0 saturated heterocycles. The summed E-state index contributed by atoms with van der Waals surface area (Å²) in [6, 6.07) is 0. The van der Waals surface area contributed by atoms with E-state index in [1.165, 1.54) is 0 Å². The number of allylic oxidation sites excluding steroid dienone is 2. The Morgan fingerprint density at radius 3 is 1.40 bits per heavy atom. The van der Waals surface area contributed by atoms with E-state index in [4.69, 9.17) is 46.4 Å². The number of rotatable bonds is 1. The van der Waals surface area contributed by atoms with E-state index in [9.17, 15) is 26.3 Å². The lowest BCUT2D eigenvalue weighted by Crippen LogP contribution is -2.38. The molecular formula is C5Cl4F6. The minimum atomic E-state index is -6.16. The Balaban J connectivity index is 5.44. The number of alkyl halides is 8. The van der Waals surface area contributed by atoms with Crippen molar-refractivity contribution >= 4 is 46.4 Å². The number of hydrogen-bond acceptors (Lipinski definition) is 0. The third kappa shape index (κ3) is 3.47. The minimum Gasteiger partial charge on any atom is -0.203 e. The summed E-state index contributed by atoms with van der Waals surface area (Å²) in [5, 5.41) is -1.84. The van der Waals surface area contributed by atoms with Crippen molar-refractivity contribution in [3.05, 3.63) is 10.9 Å². The van der Waals surface area contributed by atoms with Crippen LogP contribution in [0.5, 0.6) is 0 Å². The maximum Gasteiger partial charge on any atom is 0.460 e. The third-order valence-electron chi connectivity index (χ3n) is 1.07. The highest BCUT2D eigenvalue weighted by Crippen LogP contribution is 2.48. The average Bonchev–Trinajstić information content (AvgIpc) is 1.97. The van der Waals surface area contributed by atoms with E-state index < -0.39 is 26.8 Å². The fraction of sp³-hybridized carbons (Fsp3) is 0.600. The van der Waals surface area contributed by atoms with Crippen LogP contribution in [0.25, 0.3) is 0 Å². The van der Waals surface area contributed by atoms with E-state index in [1.807, 2.05) is 0 Å². The third-order valence-corrected chi connectivity index (χ3v) is 2.38. The van der Waals surface area contributed by atoms with Crippen LogP contribution in [0.15, 0.2) is 10.9 Å². The van der Waals surface area contributed by atoms with Gasteiger partial charge in [0.2, 0.25) is 3.79 Å². The molecule has 90 valence electrons. The van der Waals surface area contributed by atoms with Gasteiger partial charge < -0.3 is 0 Å². The van der Waals surface area contributed by atoms with Crippen LogP contribution in [0.3, 0.4) is 0 Å². The lowest BCUT2D eigenvalue weighted by molar-refractivity contribution is -0.270. The molecule has 0 fully saturated rings. The fourth-order valence-corrected chi connectivity index (χ4v) is 0.754. The molecule has 0 amide bonds. The normalized spacial score (nSPS) is 16.4. The van der Waals surface area contributed by atoms with E-state index in [1.54, 1.807) is 0 Å². The minimum absolute atomic E-state index is 1.84. The van der Waals surface area contributed by atoms with Crippen molar-refractivity contribution < 1.29 is 26.3 Å². The Kier molecular flexibility index (Phi) is 4.53. The summed E-state index contributed by atoms with van der Waals surface area (Å²) in [6.07, 6.45) is -6.16. The molecule has 0 saturated carbocycles. The van der Waals surface area contributed by atoms with Crippen molar-refractivity contribution in [1.82, 2.24) is 0 Å². The van der Waals surface area contributed by atoms with E-state index in [2.05, 4.69) is 0 Å². The fourth-order valence-electron chi connectivity index (χ4n) is 0.387. The Morgan fingerprint density at radius 1 is 0.867 bits per heavy atom. The Bertz CT molecular complexity index is 274. The molecule has 0 unspecified atom stereocenters. The summed E-state index contributed by atoms with van der Waals surface area (Å²) >= 11 is 19.2. The monoisotopic (exact) mass is 314 g/mol. The highest BCUT2D eigenvalue weighted by molar-refractivity contribution is 6.72. The molecule has 0 radical (unpaired) electrons. The summed E-state index contributed by atoms with van der Waals surface area (Å²) in [5.74, 6) is -8.84. The zero-order valence-corrected chi connectivity index (χ0v) is 9.30. The molecule has 0 atom stereocenters. The maximum absolute atomic E-state index is 12.6. The predicted octanol–water partition coefficient (Wildman–Crippen LogP) is 4.97. The summed E-state index contributed by atoms with van der Waals surface area (Å²) in [7, 11) is 0. The second-order valence-corrected chi connectivity index (χ2v) is 4.86. The van der Waals surface area contributed by atoms with Gasteiger partial charge >= 0.3 is 12.1 Å². The number of hydrogen-bond donors (Lipinski definition) is 0. The van der Waals surface area contributed by atoms with Gasteiger partial charge in [-0.2, -0.15) is 22.0 Å². The standard InChI is InChI=1S/C5Cl4F6/c6-1(4(7,8)9)2(10)3(11,12)5(13,14)15/b2-1+. The SMILES string of the molecule is F/C(=C(/Cl)C(Cl)(Cl)Cl)C(F)(F)C(F)(F)F. The van der Waals surface area contributed by atoms with Crippen LogP contribution in [0, 0.1) is 0 Å². The van der Waals surface area contributed by atoms with Crippen LogP contribution in [-0.4, -0.2) is 15.9 Å². The van der Waals surface area contributed by atoms with E-state index >= 15 is 0 Å². The maximum atomic E-state index is 12.6. The van der Waals surface area contributed by atoms with Crippen LogP contribution in [0.1, 0.15) is 0 Å². The molecule has 10 heteroatoms. The van der Waals surface area contributed by atoms with Gasteiger partial charge in [-0.05, 0) is 0 Å². The van der Waals surface area contributed by atoms with E-state index in [-0.39, 0.29) is 0 Å². The molecule has 0 bridgehead atoms. The van der Waals surface area contributed by atoms with Gasteiger partial charge in [0.05, 0.1) is 0 Å². The lowest BCUT2D eigenvalue weighted by atomic mass is 10.2. The van der Waals surface area contributed by atoms with Crippen molar-refractivity contribution in [2.75, 3.05) is 0 Å². The van der Waals surface area contributed by atoms with Gasteiger partial charge in [-0.25, -0.2) is 4.39 Å². The largest absolute Gasteiger partial charge is 0.460 e. The van der Waals surface area contributed by atoms with Crippen molar-refractivity contribution in [1.29, 1.82) is 0 Å². The second kappa shape index (κ2) is 4.39. The molecular weight excluding hydrogens is 316 g/mol. The van der Waals surface area contributed by atoms with Gasteiger partial charge in [0, 0.05) is 0 Å². The zero-order chi connectivity index (χ0) is 12.7. The van der Waals surface area contributed by atoms with Crippen molar-refractivity contribution in [3.8, 4) is 0 Å². The Labute approximate surface area is 99.7 Å². The number of halogens is 10. The Morgan fingerprint density at radius 2 is 1.20 bits per heavy atom. The van der Waals surface area contributed by atoms with Crippen LogP contribution in [-0.2, 0) is 0 Å². The molecule has 0 aliphatic rings. The lowest BCUT2D eigenvalue weighted by Gasteiger charge is -2.20. The summed E-state index contributed by atoms with van der Waals surface area (Å²) < 4.78 is 69.1. The molecule has 0 spiro atoms. The average molecular weight is 316 g/mol. The second-order valence-electron chi connectivity index (χ2n) is 2.20. The topological polar surface area (TPSA) is 0 Å². The first kappa shape index (κ1) is 15.5. The van der Waals surface area contributed by atoms with Gasteiger partial charge in [0.25, 0.3) is 0 Å². The zero-order valence-electron chi connectivity index (χ0n) is 6.28. The summed E-state index contributed by atoms with van der Waals surface area (Å²) in [5.41, 5.74) is 0. The van der Waals surface area contributed by atoms with Gasteiger partial charge in [0.15, 0.2) is 5.83 Å². The summed E-state index contributed by atoms with van der Waals surface area (Å²) in [6.45, 7) is 0. The van der Waals surface area contributed by atoms with Gasteiger partial charge in [-0.3, -0.25) is 0 Å². The smallest absolute Gasteiger partial charge is 0.203 e. The van der Waals surface area contributed by atoms with Crippen LogP contribution >= 0.6 is 46.4 Å². The van der Waals surface area contributed by atoms with Crippen molar-refractivity contribution in [3.63, 3.8) is 0 Å². The molecule has 0 aliphatic carbocycles. The Hall–Kier alpha value is 0.480. The van der Waals surface area contributed by atoms with Crippen molar-refractivity contribution in [2.45, 2.75) is 15.9 Å². The predicted molar refractivity (Wildman–Crippen MR) is 45.3 cm³/mol.